The lowest BCUT2D eigenvalue weighted by Crippen LogP contribution is -2.02. The summed E-state index contributed by atoms with van der Waals surface area (Å²) in [5.74, 6) is 0.757. The predicted molar refractivity (Wildman–Crippen MR) is 97.0 cm³/mol. The number of fused-ring (bicyclic) bond motifs is 1. The number of nitrogens with zero attached hydrogens (tertiary/aromatic N) is 3. The normalized spacial score (nSPS) is 11.0. The minimum absolute atomic E-state index is 0.130. The van der Waals surface area contributed by atoms with E-state index < -0.39 is 0 Å². The maximum Gasteiger partial charge on any atom is 0.220 e. The van der Waals surface area contributed by atoms with Gasteiger partial charge in [-0.1, -0.05) is 58.4 Å². The Bertz CT molecular complexity index is 948. The van der Waals surface area contributed by atoms with Gasteiger partial charge < -0.3 is 9.67 Å². The van der Waals surface area contributed by atoms with E-state index in [0.29, 0.717) is 23.8 Å². The molecule has 2 aliphatic rings. The van der Waals surface area contributed by atoms with Crippen LogP contribution in [0.1, 0.15) is 5.56 Å². The van der Waals surface area contributed by atoms with Gasteiger partial charge in [0.2, 0.25) is 5.88 Å². The third-order valence-electron chi connectivity index (χ3n) is 3.88. The SMILES string of the molecule is Oc1c2nc(-c3ccccc3)nc-2ccn1Cc1ccc(Br)cc1. The molecule has 1 N–H and O–H groups in total. The highest BCUT2D eigenvalue weighted by molar-refractivity contribution is 9.10. The van der Waals surface area contributed by atoms with Gasteiger partial charge in [0.1, 0.15) is 0 Å². The molecule has 4 rings (SSSR count). The van der Waals surface area contributed by atoms with Gasteiger partial charge >= 0.3 is 0 Å². The van der Waals surface area contributed by atoms with Crippen LogP contribution in [0.4, 0.5) is 0 Å². The summed E-state index contributed by atoms with van der Waals surface area (Å²) in [6.45, 7) is 0.572. The number of benzene rings is 2. The number of imidazole rings is 1. The molecule has 2 aliphatic heterocycles. The van der Waals surface area contributed by atoms with E-state index in [4.69, 9.17) is 0 Å². The highest BCUT2D eigenvalue weighted by Crippen LogP contribution is 2.32. The van der Waals surface area contributed by atoms with Gasteiger partial charge in [0.25, 0.3) is 0 Å². The molecule has 0 spiro atoms. The van der Waals surface area contributed by atoms with Crippen LogP contribution >= 0.6 is 15.9 Å². The number of pyridine rings is 1. The highest BCUT2D eigenvalue weighted by atomic mass is 79.9. The average Bonchev–Trinajstić information content (AvgIpc) is 3.05. The van der Waals surface area contributed by atoms with Gasteiger partial charge in [-0.05, 0) is 23.8 Å². The molecule has 0 aliphatic carbocycles. The second-order valence-corrected chi connectivity index (χ2v) is 6.46. The van der Waals surface area contributed by atoms with Crippen molar-refractivity contribution in [2.45, 2.75) is 6.54 Å². The number of hydrogen-bond acceptors (Lipinski definition) is 3. The van der Waals surface area contributed by atoms with Crippen LogP contribution in [0.15, 0.2) is 71.3 Å². The number of aromatic hydroxyl groups is 1. The second-order valence-electron chi connectivity index (χ2n) is 5.54. The summed E-state index contributed by atoms with van der Waals surface area (Å²) >= 11 is 3.43. The van der Waals surface area contributed by atoms with E-state index in [9.17, 15) is 5.11 Å². The molecule has 5 heteroatoms. The maximum atomic E-state index is 10.6. The van der Waals surface area contributed by atoms with E-state index >= 15 is 0 Å². The minimum atomic E-state index is 0.130. The number of rotatable bonds is 3. The standard InChI is InChI=1S/C19H14BrN3O/c20-15-8-6-13(7-9-15)12-23-11-10-16-17(19(23)24)22-18(21-16)14-4-2-1-3-5-14/h1-11,24H,12H2. The van der Waals surface area contributed by atoms with Crippen molar-refractivity contribution in [3.63, 3.8) is 0 Å². The zero-order valence-corrected chi connectivity index (χ0v) is 14.3. The molecule has 2 aromatic carbocycles. The third kappa shape index (κ3) is 2.78. The lowest BCUT2D eigenvalue weighted by Gasteiger charge is -2.11. The summed E-state index contributed by atoms with van der Waals surface area (Å²) < 4.78 is 2.81. The van der Waals surface area contributed by atoms with Gasteiger partial charge in [0.15, 0.2) is 11.5 Å². The molecule has 4 nitrogen and oxygen atoms in total. The average molecular weight is 380 g/mol. The van der Waals surface area contributed by atoms with Crippen LogP contribution in [0.5, 0.6) is 5.88 Å². The van der Waals surface area contributed by atoms with Crippen LogP contribution in [-0.4, -0.2) is 19.6 Å². The van der Waals surface area contributed by atoms with Gasteiger partial charge in [0.05, 0.1) is 12.2 Å². The van der Waals surface area contributed by atoms with Crippen LogP contribution in [0.2, 0.25) is 0 Å². The van der Waals surface area contributed by atoms with E-state index in [1.165, 1.54) is 0 Å². The largest absolute Gasteiger partial charge is 0.493 e. The van der Waals surface area contributed by atoms with Crippen LogP contribution in [0.25, 0.3) is 22.8 Å². The van der Waals surface area contributed by atoms with Crippen molar-refractivity contribution < 1.29 is 5.11 Å². The molecule has 0 bridgehead atoms. The Morgan fingerprint density at radius 1 is 0.917 bits per heavy atom. The zero-order chi connectivity index (χ0) is 16.5. The van der Waals surface area contributed by atoms with Gasteiger partial charge in [0, 0.05) is 16.2 Å². The Morgan fingerprint density at radius 3 is 2.42 bits per heavy atom. The molecule has 0 aromatic heterocycles. The molecule has 0 amide bonds. The van der Waals surface area contributed by atoms with Crippen molar-refractivity contribution in [2.75, 3.05) is 0 Å². The van der Waals surface area contributed by atoms with Gasteiger partial charge in [-0.25, -0.2) is 9.97 Å². The number of halogens is 1. The molecule has 0 unspecified atom stereocenters. The summed E-state index contributed by atoms with van der Waals surface area (Å²) in [4.78, 5) is 9.02. The fourth-order valence-corrected chi connectivity index (χ4v) is 2.90. The molecule has 0 atom stereocenters. The van der Waals surface area contributed by atoms with E-state index in [1.807, 2.05) is 66.9 Å². The van der Waals surface area contributed by atoms with E-state index in [0.717, 1.165) is 15.6 Å². The molecule has 0 saturated carbocycles. The third-order valence-corrected chi connectivity index (χ3v) is 4.41. The molecule has 24 heavy (non-hydrogen) atoms. The number of aromatic nitrogens is 3. The summed E-state index contributed by atoms with van der Waals surface area (Å²) in [7, 11) is 0. The highest BCUT2D eigenvalue weighted by Gasteiger charge is 2.18. The van der Waals surface area contributed by atoms with Gasteiger partial charge in [-0.3, -0.25) is 0 Å². The molecule has 0 fully saturated rings. The Labute approximate surface area is 147 Å². The van der Waals surface area contributed by atoms with Crippen LogP contribution < -0.4 is 0 Å². The molecule has 0 saturated heterocycles. The Morgan fingerprint density at radius 2 is 1.67 bits per heavy atom. The summed E-state index contributed by atoms with van der Waals surface area (Å²) in [5.41, 5.74) is 3.25. The first-order valence-electron chi connectivity index (χ1n) is 7.56. The Kier molecular flexibility index (Phi) is 3.78. The monoisotopic (exact) mass is 379 g/mol. The van der Waals surface area contributed by atoms with Crippen LogP contribution in [0, 0.1) is 0 Å². The molecule has 0 radical (unpaired) electrons. The second kappa shape index (κ2) is 6.09. The van der Waals surface area contributed by atoms with Crippen LogP contribution in [0.3, 0.4) is 0 Å². The van der Waals surface area contributed by atoms with E-state index in [2.05, 4.69) is 25.9 Å². The molecule has 2 aromatic rings. The predicted octanol–water partition coefficient (Wildman–Crippen LogP) is 4.57. The maximum absolute atomic E-state index is 10.6. The Balaban J connectivity index is 1.72. The first-order valence-corrected chi connectivity index (χ1v) is 8.36. The lowest BCUT2D eigenvalue weighted by molar-refractivity contribution is 0.419. The van der Waals surface area contributed by atoms with Crippen molar-refractivity contribution in [3.05, 3.63) is 76.9 Å². The molecular weight excluding hydrogens is 366 g/mol. The number of hydrogen-bond donors (Lipinski definition) is 1. The van der Waals surface area contributed by atoms with Crippen molar-refractivity contribution >= 4 is 15.9 Å². The summed E-state index contributed by atoms with van der Waals surface area (Å²) in [6, 6.07) is 19.7. The van der Waals surface area contributed by atoms with Crippen LogP contribution in [-0.2, 0) is 6.54 Å². The summed E-state index contributed by atoms with van der Waals surface area (Å²) in [6.07, 6.45) is 1.84. The van der Waals surface area contributed by atoms with Gasteiger partial charge in [-0.15, -0.1) is 0 Å². The van der Waals surface area contributed by atoms with Crippen molar-refractivity contribution in [1.29, 1.82) is 0 Å². The van der Waals surface area contributed by atoms with Crippen molar-refractivity contribution in [2.24, 2.45) is 0 Å². The minimum Gasteiger partial charge on any atom is -0.493 e. The topological polar surface area (TPSA) is 50.9 Å². The molecular formula is C19H14BrN3O. The Hall–Kier alpha value is -2.66. The first kappa shape index (κ1) is 14.9. The first-order chi connectivity index (χ1) is 11.7. The van der Waals surface area contributed by atoms with E-state index in [-0.39, 0.29) is 5.88 Å². The van der Waals surface area contributed by atoms with Crippen molar-refractivity contribution in [1.82, 2.24) is 14.5 Å². The van der Waals surface area contributed by atoms with Gasteiger partial charge in [-0.2, -0.15) is 0 Å². The molecule has 2 heterocycles. The van der Waals surface area contributed by atoms with E-state index in [1.54, 1.807) is 4.57 Å². The zero-order valence-electron chi connectivity index (χ0n) is 12.7. The smallest absolute Gasteiger partial charge is 0.220 e. The lowest BCUT2D eigenvalue weighted by atomic mass is 10.2. The fraction of sp³-hybridized carbons (Fsp3) is 0.0526. The quantitative estimate of drug-likeness (QED) is 0.567. The molecule has 118 valence electrons. The van der Waals surface area contributed by atoms with Crippen molar-refractivity contribution in [3.8, 4) is 28.7 Å². The summed E-state index contributed by atoms with van der Waals surface area (Å²) in [5, 5.41) is 10.6. The fourth-order valence-electron chi connectivity index (χ4n) is 2.63.